The first-order valence-electron chi connectivity index (χ1n) is 6.65. The molecule has 1 aliphatic carbocycles. The van der Waals surface area contributed by atoms with E-state index in [-0.39, 0.29) is 12.2 Å². The number of ether oxygens (including phenoxy) is 1. The fourth-order valence-electron chi connectivity index (χ4n) is 2.52. The van der Waals surface area contributed by atoms with Crippen LogP contribution in [0.5, 0.6) is 0 Å². The van der Waals surface area contributed by atoms with Crippen LogP contribution in [0.1, 0.15) is 24.5 Å². The Bertz CT molecular complexity index is 446. The maximum Gasteiger partial charge on any atom is 0.133 e. The second-order valence-electron chi connectivity index (χ2n) is 5.09. The third kappa shape index (κ3) is 3.01. The van der Waals surface area contributed by atoms with E-state index < -0.39 is 0 Å². The highest BCUT2D eigenvalue weighted by Gasteiger charge is 2.29. The van der Waals surface area contributed by atoms with Crippen molar-refractivity contribution < 1.29 is 9.84 Å². The van der Waals surface area contributed by atoms with E-state index in [4.69, 9.17) is 4.74 Å². The van der Waals surface area contributed by atoms with Crippen LogP contribution in [0, 0.1) is 3.57 Å². The normalized spacial score (nSPS) is 30.7. The second-order valence-corrected chi connectivity index (χ2v) is 6.25. The third-order valence-electron chi connectivity index (χ3n) is 3.64. The summed E-state index contributed by atoms with van der Waals surface area (Å²) in [6, 6.07) is 2.34. The Kier molecular flexibility index (Phi) is 4.21. The first kappa shape index (κ1) is 13.5. The number of aliphatic hydroxyl groups excluding tert-OH is 1. The first-order chi connectivity index (χ1) is 9.24. The second kappa shape index (κ2) is 5.90. The molecule has 1 saturated heterocycles. The average Bonchev–Trinajstić information content (AvgIpc) is 2.38. The quantitative estimate of drug-likeness (QED) is 0.695. The lowest BCUT2D eigenvalue weighted by Gasteiger charge is -2.34. The molecule has 1 aromatic rings. The predicted octanol–water partition coefficient (Wildman–Crippen LogP) is 1.28. The van der Waals surface area contributed by atoms with Gasteiger partial charge in [-0.2, -0.15) is 0 Å². The first-order valence-corrected chi connectivity index (χ1v) is 7.73. The molecule has 0 aromatic carbocycles. The van der Waals surface area contributed by atoms with Crippen molar-refractivity contribution in [3.63, 3.8) is 0 Å². The standard InChI is InChI=1S/C13H18IN3O2/c14-10-1-2-16-13(17-8-5-9(18)6-8)12(10)11-7-15-3-4-19-11/h1-2,8-9,11,15,18H,3-7H2,(H,16,17). The van der Waals surface area contributed by atoms with E-state index in [0.29, 0.717) is 6.04 Å². The van der Waals surface area contributed by atoms with Gasteiger partial charge >= 0.3 is 0 Å². The number of nitrogens with zero attached hydrogens (tertiary/aromatic N) is 1. The maximum atomic E-state index is 9.37. The summed E-state index contributed by atoms with van der Waals surface area (Å²) in [6.07, 6.45) is 3.32. The number of morpholine rings is 1. The fraction of sp³-hybridized carbons (Fsp3) is 0.615. The van der Waals surface area contributed by atoms with Crippen molar-refractivity contribution in [2.75, 3.05) is 25.0 Å². The van der Waals surface area contributed by atoms with E-state index in [2.05, 4.69) is 38.2 Å². The highest BCUT2D eigenvalue weighted by atomic mass is 127. The smallest absolute Gasteiger partial charge is 0.133 e. The van der Waals surface area contributed by atoms with Crippen LogP contribution < -0.4 is 10.6 Å². The molecule has 0 radical (unpaired) electrons. The van der Waals surface area contributed by atoms with Gasteiger partial charge in [-0.25, -0.2) is 4.98 Å². The van der Waals surface area contributed by atoms with Crippen molar-refractivity contribution >= 4 is 28.4 Å². The lowest BCUT2D eigenvalue weighted by molar-refractivity contribution is 0.0273. The minimum atomic E-state index is -0.156. The zero-order chi connectivity index (χ0) is 13.2. The summed E-state index contributed by atoms with van der Waals surface area (Å²) < 4.78 is 7.01. The van der Waals surface area contributed by atoms with Crippen LogP contribution in [0.2, 0.25) is 0 Å². The summed E-state index contributed by atoms with van der Waals surface area (Å²) in [5.41, 5.74) is 1.14. The fourth-order valence-corrected chi connectivity index (χ4v) is 3.28. The highest BCUT2D eigenvalue weighted by Crippen LogP contribution is 2.32. The monoisotopic (exact) mass is 375 g/mol. The number of pyridine rings is 1. The van der Waals surface area contributed by atoms with Gasteiger partial charge in [-0.15, -0.1) is 0 Å². The zero-order valence-electron chi connectivity index (χ0n) is 10.6. The molecule has 0 bridgehead atoms. The van der Waals surface area contributed by atoms with Crippen molar-refractivity contribution in [1.82, 2.24) is 10.3 Å². The minimum absolute atomic E-state index is 0.0573. The van der Waals surface area contributed by atoms with Crippen LogP contribution >= 0.6 is 22.6 Å². The molecule has 5 nitrogen and oxygen atoms in total. The van der Waals surface area contributed by atoms with Gasteiger partial charge in [0.05, 0.1) is 18.8 Å². The van der Waals surface area contributed by atoms with Gasteiger partial charge in [0.1, 0.15) is 5.82 Å². The molecular formula is C13H18IN3O2. The van der Waals surface area contributed by atoms with Crippen LogP contribution in [-0.2, 0) is 4.74 Å². The van der Waals surface area contributed by atoms with Crippen LogP contribution in [0.15, 0.2) is 12.3 Å². The molecule has 6 heteroatoms. The molecule has 2 aliphatic rings. The van der Waals surface area contributed by atoms with Crippen molar-refractivity contribution in [1.29, 1.82) is 0 Å². The summed E-state index contributed by atoms with van der Waals surface area (Å²) in [6.45, 7) is 2.46. The number of hydrogen-bond donors (Lipinski definition) is 3. The molecule has 1 saturated carbocycles. The average molecular weight is 375 g/mol. The van der Waals surface area contributed by atoms with Crippen molar-refractivity contribution in [3.05, 3.63) is 21.4 Å². The van der Waals surface area contributed by atoms with Gasteiger partial charge in [0.15, 0.2) is 0 Å². The van der Waals surface area contributed by atoms with Gasteiger partial charge in [-0.1, -0.05) is 0 Å². The molecule has 3 rings (SSSR count). The van der Waals surface area contributed by atoms with Gasteiger partial charge in [0, 0.05) is 34.5 Å². The number of halogens is 1. The SMILES string of the molecule is OC1CC(Nc2nccc(I)c2C2CNCCO2)C1. The summed E-state index contributed by atoms with van der Waals surface area (Å²) in [4.78, 5) is 4.46. The Balaban J connectivity index is 1.80. The van der Waals surface area contributed by atoms with Crippen molar-refractivity contribution in [2.45, 2.75) is 31.1 Å². The summed E-state index contributed by atoms with van der Waals surface area (Å²) in [5, 5.41) is 16.2. The van der Waals surface area contributed by atoms with E-state index in [1.807, 2.05) is 12.3 Å². The lowest BCUT2D eigenvalue weighted by atomic mass is 9.89. The van der Waals surface area contributed by atoms with E-state index in [1.165, 1.54) is 3.57 Å². The number of hydrogen-bond acceptors (Lipinski definition) is 5. The predicted molar refractivity (Wildman–Crippen MR) is 81.2 cm³/mol. The van der Waals surface area contributed by atoms with Crippen LogP contribution in [0.3, 0.4) is 0 Å². The van der Waals surface area contributed by atoms with Gasteiger partial charge < -0.3 is 20.5 Å². The molecule has 0 spiro atoms. The lowest BCUT2D eigenvalue weighted by Crippen LogP contribution is -2.40. The zero-order valence-corrected chi connectivity index (χ0v) is 12.8. The number of anilines is 1. The van der Waals surface area contributed by atoms with Crippen LogP contribution in [0.4, 0.5) is 5.82 Å². The Hall–Kier alpha value is -0.440. The van der Waals surface area contributed by atoms with E-state index in [1.54, 1.807) is 0 Å². The molecule has 2 fully saturated rings. The maximum absolute atomic E-state index is 9.37. The van der Waals surface area contributed by atoms with Crippen molar-refractivity contribution in [3.8, 4) is 0 Å². The van der Waals surface area contributed by atoms with E-state index in [9.17, 15) is 5.11 Å². The number of aliphatic hydroxyl groups is 1. The summed E-state index contributed by atoms with van der Waals surface area (Å²) in [7, 11) is 0. The Morgan fingerprint density at radius 1 is 1.47 bits per heavy atom. The molecule has 104 valence electrons. The summed E-state index contributed by atoms with van der Waals surface area (Å²) in [5.74, 6) is 0.900. The molecule has 2 heterocycles. The largest absolute Gasteiger partial charge is 0.393 e. The number of rotatable bonds is 3. The molecule has 1 aromatic heterocycles. The summed E-state index contributed by atoms with van der Waals surface area (Å²) >= 11 is 2.33. The number of aromatic nitrogens is 1. The molecule has 3 N–H and O–H groups in total. The minimum Gasteiger partial charge on any atom is -0.393 e. The topological polar surface area (TPSA) is 66.4 Å². The molecule has 1 unspecified atom stereocenters. The van der Waals surface area contributed by atoms with Gasteiger partial charge in [0.2, 0.25) is 0 Å². The third-order valence-corrected chi connectivity index (χ3v) is 4.58. The molecule has 1 atom stereocenters. The molecule has 19 heavy (non-hydrogen) atoms. The Labute approximate surface area is 126 Å². The van der Waals surface area contributed by atoms with Crippen LogP contribution in [0.25, 0.3) is 0 Å². The molecular weight excluding hydrogens is 357 g/mol. The van der Waals surface area contributed by atoms with E-state index >= 15 is 0 Å². The van der Waals surface area contributed by atoms with Crippen molar-refractivity contribution in [2.24, 2.45) is 0 Å². The Morgan fingerprint density at radius 2 is 2.32 bits per heavy atom. The number of nitrogens with one attached hydrogen (secondary N) is 2. The highest BCUT2D eigenvalue weighted by molar-refractivity contribution is 14.1. The Morgan fingerprint density at radius 3 is 3.00 bits per heavy atom. The molecule has 0 amide bonds. The van der Waals surface area contributed by atoms with Gasteiger partial charge in [-0.3, -0.25) is 0 Å². The van der Waals surface area contributed by atoms with E-state index in [0.717, 1.165) is 43.9 Å². The van der Waals surface area contributed by atoms with Gasteiger partial charge in [0.25, 0.3) is 0 Å². The van der Waals surface area contributed by atoms with Gasteiger partial charge in [-0.05, 0) is 41.5 Å². The molecule has 1 aliphatic heterocycles. The van der Waals surface area contributed by atoms with Crippen LogP contribution in [-0.4, -0.2) is 41.9 Å².